The van der Waals surface area contributed by atoms with E-state index in [0.29, 0.717) is 12.1 Å². The van der Waals surface area contributed by atoms with Gasteiger partial charge in [-0.25, -0.2) is 8.42 Å². The summed E-state index contributed by atoms with van der Waals surface area (Å²) >= 11 is 1.66. The van der Waals surface area contributed by atoms with E-state index in [9.17, 15) is 8.42 Å². The van der Waals surface area contributed by atoms with Crippen LogP contribution >= 0.6 is 11.3 Å². The van der Waals surface area contributed by atoms with Gasteiger partial charge in [-0.3, -0.25) is 4.72 Å². The van der Waals surface area contributed by atoms with Gasteiger partial charge in [-0.1, -0.05) is 13.0 Å². The van der Waals surface area contributed by atoms with E-state index in [4.69, 9.17) is 0 Å². The minimum atomic E-state index is -3.26. The van der Waals surface area contributed by atoms with Crippen LogP contribution in [0.1, 0.15) is 24.5 Å². The number of thiophene rings is 1. The fourth-order valence-electron chi connectivity index (χ4n) is 2.02. The molecular weight excluding hydrogens is 304 g/mol. The zero-order chi connectivity index (χ0) is 15.3. The van der Waals surface area contributed by atoms with Gasteiger partial charge in [0.05, 0.1) is 11.4 Å². The van der Waals surface area contributed by atoms with Crippen LogP contribution in [-0.4, -0.2) is 14.2 Å². The predicted octanol–water partition coefficient (Wildman–Crippen LogP) is 3.82. The fourth-order valence-corrected chi connectivity index (χ4v) is 3.88. The molecule has 0 saturated carbocycles. The lowest BCUT2D eigenvalue weighted by Crippen LogP contribution is -2.17. The van der Waals surface area contributed by atoms with Crippen LogP contribution in [0.3, 0.4) is 0 Å². The van der Waals surface area contributed by atoms with E-state index in [-0.39, 0.29) is 5.75 Å². The van der Waals surface area contributed by atoms with Crippen LogP contribution in [0.4, 0.5) is 11.4 Å². The third-order valence-electron chi connectivity index (χ3n) is 3.14. The largest absolute Gasteiger partial charge is 0.381 e. The Morgan fingerprint density at radius 1 is 1.19 bits per heavy atom. The van der Waals surface area contributed by atoms with Crippen LogP contribution < -0.4 is 10.0 Å². The van der Waals surface area contributed by atoms with Crippen molar-refractivity contribution in [2.24, 2.45) is 0 Å². The van der Waals surface area contributed by atoms with E-state index in [1.54, 1.807) is 17.4 Å². The average Bonchev–Trinajstić information content (AvgIpc) is 2.92. The van der Waals surface area contributed by atoms with Gasteiger partial charge in [-0.05, 0) is 53.4 Å². The Balaban J connectivity index is 2.12. The Morgan fingerprint density at radius 2 is 1.95 bits per heavy atom. The molecule has 0 bridgehead atoms. The van der Waals surface area contributed by atoms with Gasteiger partial charge < -0.3 is 5.32 Å². The van der Waals surface area contributed by atoms with Crippen LogP contribution in [0.2, 0.25) is 0 Å². The lowest BCUT2D eigenvalue weighted by molar-refractivity contribution is 0.600. The van der Waals surface area contributed by atoms with Crippen molar-refractivity contribution in [2.45, 2.75) is 26.8 Å². The van der Waals surface area contributed by atoms with Gasteiger partial charge in [0, 0.05) is 12.2 Å². The minimum Gasteiger partial charge on any atom is -0.381 e. The molecule has 0 amide bonds. The van der Waals surface area contributed by atoms with Gasteiger partial charge in [-0.15, -0.1) is 0 Å². The standard InChI is InChI=1S/C15H20N2O2S2/c1-3-9-21(18,19)17-15-6-4-5-14(12(15)2)16-10-13-7-8-20-11-13/h4-8,11,16-17H,3,9-10H2,1-2H3. The molecule has 2 aromatic rings. The van der Waals surface area contributed by atoms with Crippen molar-refractivity contribution in [2.75, 3.05) is 15.8 Å². The average molecular weight is 324 g/mol. The summed E-state index contributed by atoms with van der Waals surface area (Å²) < 4.78 is 26.4. The molecule has 0 saturated heterocycles. The van der Waals surface area contributed by atoms with Crippen molar-refractivity contribution >= 4 is 32.7 Å². The van der Waals surface area contributed by atoms with E-state index in [1.165, 1.54) is 5.56 Å². The molecule has 1 aromatic carbocycles. The summed E-state index contributed by atoms with van der Waals surface area (Å²) in [5, 5.41) is 7.48. The number of sulfonamides is 1. The maximum Gasteiger partial charge on any atom is 0.232 e. The van der Waals surface area contributed by atoms with E-state index in [0.717, 1.165) is 17.8 Å². The lowest BCUT2D eigenvalue weighted by atomic mass is 10.1. The first kappa shape index (κ1) is 15.9. The molecule has 1 aromatic heterocycles. The summed E-state index contributed by atoms with van der Waals surface area (Å²) in [5.74, 6) is 0.138. The highest BCUT2D eigenvalue weighted by Crippen LogP contribution is 2.25. The number of hydrogen-bond donors (Lipinski definition) is 2. The molecule has 2 rings (SSSR count). The van der Waals surface area contributed by atoms with Gasteiger partial charge in [-0.2, -0.15) is 11.3 Å². The normalized spacial score (nSPS) is 11.3. The van der Waals surface area contributed by atoms with Crippen molar-refractivity contribution in [3.63, 3.8) is 0 Å². The molecule has 0 spiro atoms. The summed E-state index contributed by atoms with van der Waals surface area (Å²) in [4.78, 5) is 0. The quantitative estimate of drug-likeness (QED) is 0.814. The van der Waals surface area contributed by atoms with E-state index in [2.05, 4.69) is 21.5 Å². The van der Waals surface area contributed by atoms with Gasteiger partial charge in [0.2, 0.25) is 10.0 Å². The second-order valence-corrected chi connectivity index (χ2v) is 7.51. The number of hydrogen-bond acceptors (Lipinski definition) is 4. The predicted molar refractivity (Wildman–Crippen MR) is 90.5 cm³/mol. The Morgan fingerprint density at radius 3 is 2.62 bits per heavy atom. The van der Waals surface area contributed by atoms with Crippen molar-refractivity contribution < 1.29 is 8.42 Å². The summed E-state index contributed by atoms with van der Waals surface area (Å²) in [6, 6.07) is 7.67. The molecule has 0 aliphatic heterocycles. The first-order valence-corrected chi connectivity index (χ1v) is 9.46. The molecule has 0 atom stereocenters. The highest BCUT2D eigenvalue weighted by atomic mass is 32.2. The second-order valence-electron chi connectivity index (χ2n) is 4.88. The van der Waals surface area contributed by atoms with Gasteiger partial charge in [0.1, 0.15) is 0 Å². The zero-order valence-electron chi connectivity index (χ0n) is 12.2. The summed E-state index contributed by atoms with van der Waals surface area (Å²) in [5.41, 5.74) is 3.71. The molecule has 0 fully saturated rings. The monoisotopic (exact) mass is 324 g/mol. The van der Waals surface area contributed by atoms with Crippen LogP contribution in [0.25, 0.3) is 0 Å². The van der Waals surface area contributed by atoms with Crippen molar-refractivity contribution in [3.05, 3.63) is 46.2 Å². The number of anilines is 2. The maximum absolute atomic E-state index is 11.9. The highest BCUT2D eigenvalue weighted by Gasteiger charge is 2.12. The Bertz CT molecular complexity index is 680. The van der Waals surface area contributed by atoms with Crippen molar-refractivity contribution in [1.82, 2.24) is 0 Å². The Kier molecular flexibility index (Phi) is 5.25. The molecule has 21 heavy (non-hydrogen) atoms. The van der Waals surface area contributed by atoms with Gasteiger partial charge in [0.25, 0.3) is 0 Å². The van der Waals surface area contributed by atoms with Crippen LogP contribution in [0.15, 0.2) is 35.0 Å². The molecular formula is C15H20N2O2S2. The van der Waals surface area contributed by atoms with Crippen LogP contribution in [-0.2, 0) is 16.6 Å². The molecule has 6 heteroatoms. The lowest BCUT2D eigenvalue weighted by Gasteiger charge is -2.14. The van der Waals surface area contributed by atoms with Gasteiger partial charge in [0.15, 0.2) is 0 Å². The molecule has 0 aliphatic rings. The smallest absolute Gasteiger partial charge is 0.232 e. The Labute approximate surface area is 130 Å². The maximum atomic E-state index is 11.9. The fraction of sp³-hybridized carbons (Fsp3) is 0.333. The molecule has 1 heterocycles. The summed E-state index contributed by atoms with van der Waals surface area (Å²) in [7, 11) is -3.26. The third kappa shape index (κ3) is 4.47. The number of nitrogens with one attached hydrogen (secondary N) is 2. The molecule has 0 aliphatic carbocycles. The minimum absolute atomic E-state index is 0.138. The second kappa shape index (κ2) is 6.95. The zero-order valence-corrected chi connectivity index (χ0v) is 13.9. The van der Waals surface area contributed by atoms with E-state index in [1.807, 2.05) is 31.4 Å². The first-order valence-electron chi connectivity index (χ1n) is 6.87. The number of benzene rings is 1. The molecule has 0 radical (unpaired) electrons. The van der Waals surface area contributed by atoms with Gasteiger partial charge >= 0.3 is 0 Å². The van der Waals surface area contributed by atoms with Crippen LogP contribution in [0.5, 0.6) is 0 Å². The SMILES string of the molecule is CCCS(=O)(=O)Nc1cccc(NCc2ccsc2)c1C. The molecule has 114 valence electrons. The first-order chi connectivity index (χ1) is 10.0. The topological polar surface area (TPSA) is 58.2 Å². The van der Waals surface area contributed by atoms with E-state index < -0.39 is 10.0 Å². The number of rotatable bonds is 7. The molecule has 4 nitrogen and oxygen atoms in total. The van der Waals surface area contributed by atoms with E-state index >= 15 is 0 Å². The van der Waals surface area contributed by atoms with Crippen molar-refractivity contribution in [3.8, 4) is 0 Å². The summed E-state index contributed by atoms with van der Waals surface area (Å²) in [6.07, 6.45) is 0.602. The molecule has 0 unspecified atom stereocenters. The summed E-state index contributed by atoms with van der Waals surface area (Å²) in [6.45, 7) is 4.50. The highest BCUT2D eigenvalue weighted by molar-refractivity contribution is 7.92. The third-order valence-corrected chi connectivity index (χ3v) is 5.34. The van der Waals surface area contributed by atoms with Crippen LogP contribution in [0, 0.1) is 6.92 Å². The van der Waals surface area contributed by atoms with Crippen molar-refractivity contribution in [1.29, 1.82) is 0 Å². The molecule has 2 N–H and O–H groups in total. The Hall–Kier alpha value is -1.53.